The number of imidazole rings is 1. The molecular weight excluding hydrogens is 382 g/mol. The molecule has 2 aromatic rings. The summed E-state index contributed by atoms with van der Waals surface area (Å²) in [5.74, 6) is 1.06. The molecule has 6 nitrogen and oxygen atoms in total. The number of nitrogens with zero attached hydrogens (tertiary/aromatic N) is 3. The van der Waals surface area contributed by atoms with E-state index in [0.29, 0.717) is 11.8 Å². The van der Waals surface area contributed by atoms with Crippen molar-refractivity contribution in [2.45, 2.75) is 35.6 Å². The van der Waals surface area contributed by atoms with Gasteiger partial charge in [0.05, 0.1) is 4.08 Å². The van der Waals surface area contributed by atoms with E-state index in [2.05, 4.69) is 16.7 Å². The Balaban J connectivity index is 1.74. The van der Waals surface area contributed by atoms with Crippen molar-refractivity contribution in [1.29, 1.82) is 0 Å². The predicted octanol–water partition coefficient (Wildman–Crippen LogP) is 4.30. The van der Waals surface area contributed by atoms with Crippen LogP contribution in [0.25, 0.3) is 0 Å². The molecule has 2 atom stereocenters. The highest BCUT2D eigenvalue weighted by atomic mass is 35.5. The molecule has 25 heavy (non-hydrogen) atoms. The molecule has 1 aliphatic rings. The molecule has 2 heterocycles. The minimum absolute atomic E-state index is 0.0246. The fraction of sp³-hybridized carbons (Fsp3) is 0.438. The average molecular weight is 400 g/mol. The fourth-order valence-corrected chi connectivity index (χ4v) is 6.57. The van der Waals surface area contributed by atoms with Gasteiger partial charge in [-0.05, 0) is 30.5 Å². The first-order chi connectivity index (χ1) is 12.0. The van der Waals surface area contributed by atoms with Crippen LogP contribution in [-0.4, -0.2) is 29.7 Å². The third kappa shape index (κ3) is 4.83. The minimum Gasteiger partial charge on any atom is -0.310 e. The van der Waals surface area contributed by atoms with Crippen molar-refractivity contribution in [2.24, 2.45) is 0 Å². The Labute approximate surface area is 159 Å². The van der Waals surface area contributed by atoms with Crippen molar-refractivity contribution in [2.75, 3.05) is 5.75 Å². The number of benzene rings is 1. The molecule has 3 rings (SSSR count). The zero-order valence-electron chi connectivity index (χ0n) is 13.6. The van der Waals surface area contributed by atoms with E-state index in [4.69, 9.17) is 11.6 Å². The van der Waals surface area contributed by atoms with Gasteiger partial charge in [0.1, 0.15) is 0 Å². The first kappa shape index (κ1) is 18.4. The monoisotopic (exact) mass is 399 g/mol. The van der Waals surface area contributed by atoms with Crippen LogP contribution in [0.1, 0.15) is 18.9 Å². The van der Waals surface area contributed by atoms with E-state index >= 15 is 0 Å². The number of hydrogen-bond acceptors (Lipinski definition) is 6. The average Bonchev–Trinajstić information content (AvgIpc) is 3.14. The quantitative estimate of drug-likeness (QED) is 0.510. The van der Waals surface area contributed by atoms with Gasteiger partial charge in [-0.15, -0.1) is 33.6 Å². The van der Waals surface area contributed by atoms with E-state index in [0.717, 1.165) is 23.6 Å². The van der Waals surface area contributed by atoms with E-state index in [1.165, 1.54) is 11.8 Å². The molecule has 0 radical (unpaired) electrons. The van der Waals surface area contributed by atoms with Gasteiger partial charge in [-0.3, -0.25) is 0 Å². The van der Waals surface area contributed by atoms with Gasteiger partial charge >= 0.3 is 5.09 Å². The van der Waals surface area contributed by atoms with Crippen LogP contribution in [0.2, 0.25) is 5.02 Å². The van der Waals surface area contributed by atoms with Crippen molar-refractivity contribution in [3.05, 3.63) is 57.4 Å². The Morgan fingerprint density at radius 2 is 2.24 bits per heavy atom. The van der Waals surface area contributed by atoms with Crippen LogP contribution in [0, 0.1) is 10.1 Å². The van der Waals surface area contributed by atoms with Crippen molar-refractivity contribution >= 4 is 35.1 Å². The first-order valence-electron chi connectivity index (χ1n) is 7.85. The highest BCUT2D eigenvalue weighted by Gasteiger charge is 2.39. The number of rotatable bonds is 7. The van der Waals surface area contributed by atoms with Crippen molar-refractivity contribution in [1.82, 2.24) is 9.55 Å². The van der Waals surface area contributed by atoms with Gasteiger partial charge in [-0.2, -0.15) is 0 Å². The molecule has 9 heteroatoms. The van der Waals surface area contributed by atoms with E-state index < -0.39 is 5.09 Å². The Morgan fingerprint density at radius 1 is 1.48 bits per heavy atom. The zero-order chi connectivity index (χ0) is 17.9. The molecule has 0 spiro atoms. The van der Waals surface area contributed by atoms with Crippen LogP contribution in [0.15, 0.2) is 36.7 Å². The summed E-state index contributed by atoms with van der Waals surface area (Å²) in [6.07, 6.45) is 5.13. The highest BCUT2D eigenvalue weighted by molar-refractivity contribution is 8.21. The summed E-state index contributed by atoms with van der Waals surface area (Å²) < 4.78 is 1.66. The third-order valence-electron chi connectivity index (χ3n) is 3.95. The van der Waals surface area contributed by atoms with Crippen LogP contribution in [0.3, 0.4) is 0 Å². The van der Waals surface area contributed by atoms with Crippen molar-refractivity contribution in [3.63, 3.8) is 0 Å². The maximum absolute atomic E-state index is 10.6. The van der Waals surface area contributed by atoms with Crippen LogP contribution >= 0.6 is 35.1 Å². The van der Waals surface area contributed by atoms with Crippen LogP contribution in [0.4, 0.5) is 0 Å². The van der Waals surface area contributed by atoms with Gasteiger partial charge in [-0.25, -0.2) is 9.82 Å². The molecule has 0 N–H and O–H groups in total. The zero-order valence-corrected chi connectivity index (χ0v) is 16.0. The Kier molecular flexibility index (Phi) is 5.81. The molecule has 1 aromatic heterocycles. The van der Waals surface area contributed by atoms with Gasteiger partial charge in [-0.1, -0.05) is 30.7 Å². The van der Waals surface area contributed by atoms with Crippen molar-refractivity contribution in [3.8, 4) is 6.01 Å². The van der Waals surface area contributed by atoms with Crippen LogP contribution < -0.4 is 4.84 Å². The smallest absolute Gasteiger partial charge is 0.302 e. The van der Waals surface area contributed by atoms with Gasteiger partial charge in [0, 0.05) is 35.0 Å². The van der Waals surface area contributed by atoms with E-state index in [9.17, 15) is 10.1 Å². The summed E-state index contributed by atoms with van der Waals surface area (Å²) in [4.78, 5) is 19.2. The molecule has 0 amide bonds. The lowest BCUT2D eigenvalue weighted by Gasteiger charge is -2.28. The lowest BCUT2D eigenvalue weighted by molar-refractivity contribution is -0.713. The summed E-state index contributed by atoms with van der Waals surface area (Å²) in [5, 5.41) is 11.1. The van der Waals surface area contributed by atoms with E-state index in [-0.39, 0.29) is 10.1 Å². The standard InChI is InChI=1S/C16H18ClN3O3S2/c1-12-10-24-16(25-12,7-6-13-2-4-14(17)5-3-13)11-19-9-8-18-15(19)23-20(21)22/h2-5,8-9,12H,6-7,10-11H2,1H3. The Hall–Kier alpha value is -1.38. The number of thioether (sulfide) groups is 2. The predicted molar refractivity (Wildman–Crippen MR) is 102 cm³/mol. The van der Waals surface area contributed by atoms with Gasteiger partial charge < -0.3 is 4.57 Å². The summed E-state index contributed by atoms with van der Waals surface area (Å²) in [6.45, 7) is 2.83. The maximum atomic E-state index is 10.6. The number of aryl methyl sites for hydroxylation is 1. The fourth-order valence-electron chi connectivity index (χ4n) is 2.82. The molecule has 1 aliphatic heterocycles. The SMILES string of the molecule is CC1CSC(CCc2ccc(Cl)cc2)(Cn2ccnc2O[N+](=O)[O-])S1. The lowest BCUT2D eigenvalue weighted by atomic mass is 10.1. The Bertz CT molecular complexity index is 740. The minimum atomic E-state index is -0.823. The molecule has 0 bridgehead atoms. The molecule has 1 saturated heterocycles. The highest BCUT2D eigenvalue weighted by Crippen LogP contribution is 2.52. The number of halogens is 1. The van der Waals surface area contributed by atoms with E-state index in [1.54, 1.807) is 10.8 Å². The van der Waals surface area contributed by atoms with Crippen LogP contribution in [0.5, 0.6) is 6.01 Å². The van der Waals surface area contributed by atoms with Crippen LogP contribution in [-0.2, 0) is 13.0 Å². The molecule has 134 valence electrons. The summed E-state index contributed by atoms with van der Waals surface area (Å²) in [7, 11) is 0. The molecule has 2 unspecified atom stereocenters. The second kappa shape index (κ2) is 7.88. The summed E-state index contributed by atoms with van der Waals surface area (Å²) in [5.41, 5.74) is 1.23. The van der Waals surface area contributed by atoms with E-state index in [1.807, 2.05) is 47.8 Å². The third-order valence-corrected chi connectivity index (χ3v) is 7.91. The summed E-state index contributed by atoms with van der Waals surface area (Å²) in [6, 6.07) is 7.92. The van der Waals surface area contributed by atoms with Gasteiger partial charge in [0.25, 0.3) is 6.01 Å². The molecule has 1 aromatic carbocycles. The topological polar surface area (TPSA) is 70.2 Å². The molecule has 0 saturated carbocycles. The first-order valence-corrected chi connectivity index (χ1v) is 10.1. The summed E-state index contributed by atoms with van der Waals surface area (Å²) >= 11 is 9.78. The lowest BCUT2D eigenvalue weighted by Crippen LogP contribution is -2.26. The number of hydrogen-bond donors (Lipinski definition) is 0. The number of aromatic nitrogens is 2. The molecule has 1 fully saturated rings. The normalized spacial score (nSPS) is 22.9. The van der Waals surface area contributed by atoms with Gasteiger partial charge in [0.15, 0.2) is 0 Å². The maximum Gasteiger partial charge on any atom is 0.302 e. The second-order valence-corrected chi connectivity index (χ2v) is 9.85. The molecular formula is C16H18ClN3O3S2. The Morgan fingerprint density at radius 3 is 2.88 bits per heavy atom. The van der Waals surface area contributed by atoms with Crippen molar-refractivity contribution < 1.29 is 9.92 Å². The van der Waals surface area contributed by atoms with Gasteiger partial charge in [0.2, 0.25) is 0 Å². The molecule has 0 aliphatic carbocycles. The second-order valence-electron chi connectivity index (χ2n) is 5.93. The largest absolute Gasteiger partial charge is 0.310 e.